The summed E-state index contributed by atoms with van der Waals surface area (Å²) in [4.78, 5) is 22.1. The minimum atomic E-state index is -0.0125. The number of rotatable bonds is 7. The van der Waals surface area contributed by atoms with Gasteiger partial charge in [-0.15, -0.1) is 0 Å². The van der Waals surface area contributed by atoms with Gasteiger partial charge in [0.2, 0.25) is 5.91 Å². The lowest BCUT2D eigenvalue weighted by atomic mass is 9.96. The number of piperidine rings is 2. The number of nitrogens with zero attached hydrogens (tertiary/aromatic N) is 5. The van der Waals surface area contributed by atoms with Gasteiger partial charge in [-0.2, -0.15) is 5.10 Å². The molecule has 0 radical (unpaired) electrons. The van der Waals surface area contributed by atoms with Gasteiger partial charge in [0, 0.05) is 43.2 Å². The molecule has 2 aromatic heterocycles. The number of aliphatic hydroxyl groups is 1. The first-order chi connectivity index (χ1) is 17.1. The minimum Gasteiger partial charge on any atom is -0.395 e. The SMILES string of the molecule is Cn1ncc(-c2ccc3cnc(NC(=O)C4CCN(CCO)CC4)cc3c2)c1CN1CCCCC1. The van der Waals surface area contributed by atoms with Crippen LogP contribution in [0.3, 0.4) is 0 Å². The summed E-state index contributed by atoms with van der Waals surface area (Å²) in [5, 5.41) is 18.8. The summed E-state index contributed by atoms with van der Waals surface area (Å²) in [7, 11) is 2.02. The molecule has 0 aliphatic carbocycles. The van der Waals surface area contributed by atoms with E-state index < -0.39 is 0 Å². The van der Waals surface area contributed by atoms with Crippen molar-refractivity contribution in [3.05, 3.63) is 42.4 Å². The third-order valence-corrected chi connectivity index (χ3v) is 7.54. The van der Waals surface area contributed by atoms with Gasteiger partial charge in [0.15, 0.2) is 0 Å². The number of nitrogens with one attached hydrogen (secondary N) is 1. The van der Waals surface area contributed by atoms with Crippen molar-refractivity contribution in [2.45, 2.75) is 38.6 Å². The smallest absolute Gasteiger partial charge is 0.228 e. The fourth-order valence-electron chi connectivity index (χ4n) is 5.39. The van der Waals surface area contributed by atoms with Gasteiger partial charge in [0.05, 0.1) is 18.5 Å². The van der Waals surface area contributed by atoms with E-state index in [2.05, 4.69) is 43.4 Å². The molecule has 5 rings (SSSR count). The molecule has 35 heavy (non-hydrogen) atoms. The molecule has 8 heteroatoms. The Labute approximate surface area is 206 Å². The summed E-state index contributed by atoms with van der Waals surface area (Å²) >= 11 is 0. The number of hydrogen-bond acceptors (Lipinski definition) is 6. The van der Waals surface area contributed by atoms with E-state index >= 15 is 0 Å². The Morgan fingerprint density at radius 2 is 1.83 bits per heavy atom. The van der Waals surface area contributed by atoms with Gasteiger partial charge in [0.25, 0.3) is 0 Å². The van der Waals surface area contributed by atoms with Crippen LogP contribution in [0.15, 0.2) is 36.7 Å². The van der Waals surface area contributed by atoms with Crippen LogP contribution in [0.5, 0.6) is 0 Å². The standard InChI is InChI=1S/C27H36N6O2/c1-31-25(19-33-9-3-2-4-10-33)24(18-29-31)21-5-6-22-17-28-26(16-23(22)15-21)30-27(35)20-7-11-32(12-8-20)13-14-34/h5-6,15-18,20,34H,2-4,7-14,19H2,1H3,(H,28,30,35). The van der Waals surface area contributed by atoms with E-state index in [-0.39, 0.29) is 18.4 Å². The van der Waals surface area contributed by atoms with E-state index in [1.165, 1.54) is 25.0 Å². The van der Waals surface area contributed by atoms with Crippen LogP contribution in [0.2, 0.25) is 0 Å². The van der Waals surface area contributed by atoms with Gasteiger partial charge < -0.3 is 15.3 Å². The van der Waals surface area contributed by atoms with Crippen LogP contribution in [0.1, 0.15) is 37.8 Å². The van der Waals surface area contributed by atoms with Crippen LogP contribution in [0.25, 0.3) is 21.9 Å². The van der Waals surface area contributed by atoms with E-state index in [4.69, 9.17) is 5.11 Å². The minimum absolute atomic E-state index is 0.0125. The van der Waals surface area contributed by atoms with Gasteiger partial charge in [-0.05, 0) is 74.9 Å². The van der Waals surface area contributed by atoms with Crippen molar-refractivity contribution < 1.29 is 9.90 Å². The Hall–Kier alpha value is -2.81. The molecule has 0 bridgehead atoms. The van der Waals surface area contributed by atoms with Crippen molar-refractivity contribution in [1.82, 2.24) is 24.6 Å². The summed E-state index contributed by atoms with van der Waals surface area (Å²) < 4.78 is 2.00. The Bertz CT molecular complexity index is 1160. The van der Waals surface area contributed by atoms with Crippen LogP contribution in [0.4, 0.5) is 5.82 Å². The zero-order valence-electron chi connectivity index (χ0n) is 20.6. The largest absolute Gasteiger partial charge is 0.395 e. The Morgan fingerprint density at radius 1 is 1.03 bits per heavy atom. The molecular formula is C27H36N6O2. The van der Waals surface area contributed by atoms with E-state index in [0.717, 1.165) is 67.5 Å². The van der Waals surface area contributed by atoms with Gasteiger partial charge in [-0.3, -0.25) is 14.4 Å². The van der Waals surface area contributed by atoms with Crippen molar-refractivity contribution in [3.63, 3.8) is 0 Å². The van der Waals surface area contributed by atoms with E-state index in [1.54, 1.807) is 0 Å². The molecule has 1 amide bonds. The molecule has 3 aromatic rings. The number of aromatic nitrogens is 3. The second-order valence-corrected chi connectivity index (χ2v) is 9.93. The summed E-state index contributed by atoms with van der Waals surface area (Å²) in [6, 6.07) is 8.38. The van der Waals surface area contributed by atoms with Crippen molar-refractivity contribution in [2.24, 2.45) is 13.0 Å². The first-order valence-corrected chi connectivity index (χ1v) is 12.9. The van der Waals surface area contributed by atoms with Crippen molar-refractivity contribution in [3.8, 4) is 11.1 Å². The zero-order chi connectivity index (χ0) is 24.2. The summed E-state index contributed by atoms with van der Waals surface area (Å²) in [6.07, 6.45) is 9.28. The van der Waals surface area contributed by atoms with Crippen LogP contribution in [-0.4, -0.2) is 74.9 Å². The molecule has 186 valence electrons. The summed E-state index contributed by atoms with van der Waals surface area (Å²) in [6.45, 7) is 5.75. The molecule has 4 heterocycles. The van der Waals surface area contributed by atoms with Crippen LogP contribution in [0, 0.1) is 5.92 Å². The number of fused-ring (bicyclic) bond motifs is 1. The number of carbonyl (C=O) groups is 1. The molecule has 8 nitrogen and oxygen atoms in total. The summed E-state index contributed by atoms with van der Waals surface area (Å²) in [5.74, 6) is 0.617. The number of anilines is 1. The van der Waals surface area contributed by atoms with E-state index in [0.29, 0.717) is 12.4 Å². The van der Waals surface area contributed by atoms with Crippen LogP contribution in [-0.2, 0) is 18.4 Å². The number of benzene rings is 1. The van der Waals surface area contributed by atoms with Crippen molar-refractivity contribution in [1.29, 1.82) is 0 Å². The van der Waals surface area contributed by atoms with E-state index in [1.807, 2.05) is 30.2 Å². The van der Waals surface area contributed by atoms with Crippen molar-refractivity contribution >= 4 is 22.5 Å². The second kappa shape index (κ2) is 10.8. The number of likely N-dealkylation sites (tertiary alicyclic amines) is 2. The molecule has 0 spiro atoms. The maximum atomic E-state index is 12.9. The molecule has 2 N–H and O–H groups in total. The maximum Gasteiger partial charge on any atom is 0.228 e. The second-order valence-electron chi connectivity index (χ2n) is 9.93. The molecular weight excluding hydrogens is 440 g/mol. The predicted octanol–water partition coefficient (Wildman–Crippen LogP) is 3.26. The monoisotopic (exact) mass is 476 g/mol. The highest BCUT2D eigenvalue weighted by molar-refractivity contribution is 5.95. The van der Waals surface area contributed by atoms with Gasteiger partial charge >= 0.3 is 0 Å². The number of hydrogen-bond donors (Lipinski definition) is 2. The highest BCUT2D eigenvalue weighted by Gasteiger charge is 2.25. The maximum absolute atomic E-state index is 12.9. The molecule has 0 atom stereocenters. The van der Waals surface area contributed by atoms with Crippen LogP contribution >= 0.6 is 0 Å². The van der Waals surface area contributed by atoms with Gasteiger partial charge in [-0.1, -0.05) is 18.6 Å². The lowest BCUT2D eigenvalue weighted by Gasteiger charge is -2.30. The zero-order valence-corrected chi connectivity index (χ0v) is 20.6. The highest BCUT2D eigenvalue weighted by Crippen LogP contribution is 2.29. The lowest BCUT2D eigenvalue weighted by Crippen LogP contribution is -2.39. The number of amides is 1. The molecule has 2 fully saturated rings. The third kappa shape index (κ3) is 5.55. The Morgan fingerprint density at radius 3 is 2.60 bits per heavy atom. The van der Waals surface area contributed by atoms with Crippen molar-refractivity contribution in [2.75, 3.05) is 44.6 Å². The Kier molecular flexibility index (Phi) is 7.41. The predicted molar refractivity (Wildman–Crippen MR) is 138 cm³/mol. The molecule has 2 aliphatic heterocycles. The van der Waals surface area contributed by atoms with Crippen LogP contribution < -0.4 is 5.32 Å². The number of aryl methyl sites for hydroxylation is 1. The topological polar surface area (TPSA) is 86.5 Å². The third-order valence-electron chi connectivity index (χ3n) is 7.54. The highest BCUT2D eigenvalue weighted by atomic mass is 16.3. The van der Waals surface area contributed by atoms with Gasteiger partial charge in [0.1, 0.15) is 5.82 Å². The number of aliphatic hydroxyl groups excluding tert-OH is 1. The average Bonchev–Trinajstić information content (AvgIpc) is 3.24. The molecule has 2 saturated heterocycles. The van der Waals surface area contributed by atoms with Gasteiger partial charge in [-0.25, -0.2) is 4.98 Å². The fraction of sp³-hybridized carbons (Fsp3) is 0.519. The lowest BCUT2D eigenvalue weighted by molar-refractivity contribution is -0.121. The normalized spacial score (nSPS) is 18.2. The number of carbonyl (C=O) groups excluding carboxylic acids is 1. The first-order valence-electron chi connectivity index (χ1n) is 12.9. The summed E-state index contributed by atoms with van der Waals surface area (Å²) in [5.41, 5.74) is 3.54. The fourth-order valence-corrected chi connectivity index (χ4v) is 5.39. The molecule has 0 unspecified atom stereocenters. The average molecular weight is 477 g/mol. The number of pyridine rings is 1. The molecule has 0 saturated carbocycles. The molecule has 2 aliphatic rings. The molecule has 1 aromatic carbocycles. The van der Waals surface area contributed by atoms with E-state index in [9.17, 15) is 4.79 Å². The number of β-amino-alcohol motifs (C(OH)–C–C–N with tert-alkyl or cyclic N) is 1. The first kappa shape index (κ1) is 23.9. The quantitative estimate of drug-likeness (QED) is 0.544. The Balaban J connectivity index is 1.31.